The van der Waals surface area contributed by atoms with Crippen molar-refractivity contribution in [2.75, 3.05) is 11.9 Å². The van der Waals surface area contributed by atoms with E-state index < -0.39 is 5.97 Å². The summed E-state index contributed by atoms with van der Waals surface area (Å²) >= 11 is 0. The largest absolute Gasteiger partial charge is 0.507 e. The molecule has 116 valence electrons. The number of amides is 1. The number of phenols is 1. The first-order chi connectivity index (χ1) is 9.83. The molecule has 5 N–H and O–H groups in total. The van der Waals surface area contributed by atoms with Crippen LogP contribution in [0.15, 0.2) is 18.2 Å². The highest BCUT2D eigenvalue weighted by molar-refractivity contribution is 5.95. The fraction of sp³-hybridized carbons (Fsp3) is 0.467. The van der Waals surface area contributed by atoms with E-state index in [1.165, 1.54) is 18.2 Å². The lowest BCUT2D eigenvalue weighted by atomic mass is 9.94. The van der Waals surface area contributed by atoms with Crippen molar-refractivity contribution in [1.82, 2.24) is 0 Å². The van der Waals surface area contributed by atoms with E-state index in [4.69, 9.17) is 10.8 Å². The molecule has 1 rings (SSSR count). The molecule has 0 radical (unpaired) electrons. The summed E-state index contributed by atoms with van der Waals surface area (Å²) in [6.45, 7) is 4.57. The van der Waals surface area contributed by atoms with Gasteiger partial charge in [-0.05, 0) is 43.0 Å². The summed E-state index contributed by atoms with van der Waals surface area (Å²) in [5.41, 5.74) is 5.75. The van der Waals surface area contributed by atoms with E-state index in [9.17, 15) is 14.7 Å². The van der Waals surface area contributed by atoms with Crippen LogP contribution in [0.1, 0.15) is 37.0 Å². The van der Waals surface area contributed by atoms with Gasteiger partial charge in [0.2, 0.25) is 5.91 Å². The maximum Gasteiger partial charge on any atom is 0.339 e. The summed E-state index contributed by atoms with van der Waals surface area (Å²) < 4.78 is 0. The molecule has 0 saturated carbocycles. The van der Waals surface area contributed by atoms with E-state index in [1.807, 2.05) is 0 Å². The lowest BCUT2D eigenvalue weighted by molar-refractivity contribution is -0.117. The number of hydrogen-bond donors (Lipinski definition) is 4. The van der Waals surface area contributed by atoms with Gasteiger partial charge in [-0.2, -0.15) is 0 Å². The third kappa shape index (κ3) is 5.43. The number of carbonyl (C=O) groups excluding carboxylic acids is 1. The first-order valence-electron chi connectivity index (χ1n) is 6.89. The van der Waals surface area contributed by atoms with Crippen molar-refractivity contribution in [2.24, 2.45) is 17.6 Å². The number of carboxylic acids is 1. The van der Waals surface area contributed by atoms with Crippen LogP contribution in [0.2, 0.25) is 0 Å². The molecule has 0 aliphatic heterocycles. The molecule has 0 aromatic heterocycles. The van der Waals surface area contributed by atoms with Crippen molar-refractivity contribution >= 4 is 17.6 Å². The lowest BCUT2D eigenvalue weighted by Gasteiger charge is -2.16. The topological polar surface area (TPSA) is 113 Å². The van der Waals surface area contributed by atoms with E-state index >= 15 is 0 Å². The second-order valence-corrected chi connectivity index (χ2v) is 5.52. The van der Waals surface area contributed by atoms with Gasteiger partial charge in [-0.25, -0.2) is 4.79 Å². The molecule has 0 saturated heterocycles. The van der Waals surface area contributed by atoms with Gasteiger partial charge in [0.1, 0.15) is 11.3 Å². The number of carbonyl (C=O) groups is 2. The number of nitrogens with two attached hydrogens (primary N) is 1. The second kappa shape index (κ2) is 7.64. The van der Waals surface area contributed by atoms with Gasteiger partial charge in [-0.15, -0.1) is 0 Å². The van der Waals surface area contributed by atoms with E-state index in [-0.39, 0.29) is 29.6 Å². The molecule has 1 aromatic carbocycles. The Labute approximate surface area is 124 Å². The van der Waals surface area contributed by atoms with Gasteiger partial charge >= 0.3 is 5.97 Å². The summed E-state index contributed by atoms with van der Waals surface area (Å²) in [6, 6.07) is 3.93. The van der Waals surface area contributed by atoms with Crippen LogP contribution in [-0.2, 0) is 4.79 Å². The van der Waals surface area contributed by atoms with Crippen molar-refractivity contribution in [3.63, 3.8) is 0 Å². The van der Waals surface area contributed by atoms with Gasteiger partial charge in [0.15, 0.2) is 0 Å². The number of rotatable bonds is 7. The monoisotopic (exact) mass is 294 g/mol. The molecule has 0 aliphatic rings. The molecule has 0 aliphatic carbocycles. The predicted octanol–water partition coefficient (Wildman–Crippen LogP) is 2.04. The van der Waals surface area contributed by atoms with Gasteiger partial charge < -0.3 is 21.3 Å². The van der Waals surface area contributed by atoms with Gasteiger partial charge in [-0.3, -0.25) is 4.79 Å². The van der Waals surface area contributed by atoms with E-state index in [1.54, 1.807) is 0 Å². The van der Waals surface area contributed by atoms with E-state index in [2.05, 4.69) is 19.2 Å². The Balaban J connectivity index is 2.70. The molecular weight excluding hydrogens is 272 g/mol. The highest BCUT2D eigenvalue weighted by Gasteiger charge is 2.15. The summed E-state index contributed by atoms with van der Waals surface area (Å²) in [6.07, 6.45) is 1.15. The van der Waals surface area contributed by atoms with Crippen molar-refractivity contribution in [3.05, 3.63) is 23.8 Å². The fourth-order valence-electron chi connectivity index (χ4n) is 2.19. The van der Waals surface area contributed by atoms with Crippen LogP contribution in [0.25, 0.3) is 0 Å². The van der Waals surface area contributed by atoms with Crippen LogP contribution in [0, 0.1) is 11.8 Å². The molecule has 6 nitrogen and oxygen atoms in total. The van der Waals surface area contributed by atoms with Gasteiger partial charge in [0.05, 0.1) is 0 Å². The molecule has 21 heavy (non-hydrogen) atoms. The summed E-state index contributed by atoms with van der Waals surface area (Å²) in [7, 11) is 0. The van der Waals surface area contributed by atoms with Gasteiger partial charge in [0.25, 0.3) is 0 Å². The average molecular weight is 294 g/mol. The highest BCUT2D eigenvalue weighted by atomic mass is 16.4. The maximum atomic E-state index is 12.0. The standard InChI is InChI=1S/C15H22N2O4/c1-9(2)5-10(8-16)6-14(19)17-11-3-4-13(18)12(7-11)15(20)21/h3-4,7,9-10,18H,5-6,8,16H2,1-2H3,(H,17,19)(H,20,21)/t10-/m0/s1. The molecule has 1 atom stereocenters. The average Bonchev–Trinajstić information content (AvgIpc) is 2.39. The SMILES string of the molecule is CC(C)C[C@H](CN)CC(=O)Nc1ccc(O)c(C(=O)O)c1. The van der Waals surface area contributed by atoms with Gasteiger partial charge in [-0.1, -0.05) is 13.8 Å². The number of anilines is 1. The molecular formula is C15H22N2O4. The minimum atomic E-state index is -1.25. The molecule has 1 aromatic rings. The molecule has 1 amide bonds. The fourth-order valence-corrected chi connectivity index (χ4v) is 2.19. The van der Waals surface area contributed by atoms with Crippen molar-refractivity contribution < 1.29 is 19.8 Å². The molecule has 0 spiro atoms. The minimum Gasteiger partial charge on any atom is -0.507 e. The summed E-state index contributed by atoms with van der Waals surface area (Å²) in [4.78, 5) is 22.9. The molecule has 0 bridgehead atoms. The van der Waals surface area contributed by atoms with Crippen molar-refractivity contribution in [1.29, 1.82) is 0 Å². The quantitative estimate of drug-likeness (QED) is 0.575. The van der Waals surface area contributed by atoms with Crippen LogP contribution in [0.4, 0.5) is 5.69 Å². The second-order valence-electron chi connectivity index (χ2n) is 5.52. The van der Waals surface area contributed by atoms with E-state index in [0.29, 0.717) is 18.2 Å². The molecule has 6 heteroatoms. The predicted molar refractivity (Wildman–Crippen MR) is 80.3 cm³/mol. The minimum absolute atomic E-state index is 0.0982. The summed E-state index contributed by atoms with van der Waals surface area (Å²) in [5, 5.41) is 21.0. The van der Waals surface area contributed by atoms with Crippen molar-refractivity contribution in [2.45, 2.75) is 26.7 Å². The van der Waals surface area contributed by atoms with Gasteiger partial charge in [0, 0.05) is 12.1 Å². The third-order valence-electron chi connectivity index (χ3n) is 3.12. The number of benzene rings is 1. The number of aromatic hydroxyl groups is 1. The smallest absolute Gasteiger partial charge is 0.339 e. The number of aromatic carboxylic acids is 1. The Morgan fingerprint density at radius 2 is 2.00 bits per heavy atom. The Kier molecular flexibility index (Phi) is 6.17. The molecule has 0 fully saturated rings. The Morgan fingerprint density at radius 3 is 2.52 bits per heavy atom. The van der Waals surface area contributed by atoms with Crippen LogP contribution in [-0.4, -0.2) is 28.6 Å². The van der Waals surface area contributed by atoms with Crippen LogP contribution >= 0.6 is 0 Å². The zero-order valence-corrected chi connectivity index (χ0v) is 12.3. The first-order valence-corrected chi connectivity index (χ1v) is 6.89. The Morgan fingerprint density at radius 1 is 1.33 bits per heavy atom. The highest BCUT2D eigenvalue weighted by Crippen LogP contribution is 2.22. The number of hydrogen-bond acceptors (Lipinski definition) is 4. The normalized spacial score (nSPS) is 12.2. The van der Waals surface area contributed by atoms with Crippen LogP contribution < -0.4 is 11.1 Å². The number of nitrogens with one attached hydrogen (secondary N) is 1. The van der Waals surface area contributed by atoms with E-state index in [0.717, 1.165) is 6.42 Å². The zero-order chi connectivity index (χ0) is 16.0. The van der Waals surface area contributed by atoms with Crippen LogP contribution in [0.3, 0.4) is 0 Å². The zero-order valence-electron chi connectivity index (χ0n) is 12.3. The Hall–Kier alpha value is -2.08. The molecule has 0 heterocycles. The maximum absolute atomic E-state index is 12.0. The Bertz CT molecular complexity index is 514. The molecule has 0 unspecified atom stereocenters. The first kappa shape index (κ1) is 17.0. The third-order valence-corrected chi connectivity index (χ3v) is 3.12. The lowest BCUT2D eigenvalue weighted by Crippen LogP contribution is -2.23. The van der Waals surface area contributed by atoms with Crippen LogP contribution in [0.5, 0.6) is 5.75 Å². The van der Waals surface area contributed by atoms with Crippen molar-refractivity contribution in [3.8, 4) is 5.75 Å². The summed E-state index contributed by atoms with van der Waals surface area (Å²) in [5.74, 6) is -1.24. The number of carboxylic acid groups (broad SMARTS) is 1.